The molecule has 1 aromatic rings. The Labute approximate surface area is 132 Å². The van der Waals surface area contributed by atoms with E-state index in [4.69, 9.17) is 5.73 Å². The number of carboxylic acid groups (broad SMARTS) is 1. The number of rotatable bonds is 5. The molecule has 10 nitrogen and oxygen atoms in total. The van der Waals surface area contributed by atoms with E-state index in [1.54, 1.807) is 0 Å². The molecule has 1 amide bonds. The summed E-state index contributed by atoms with van der Waals surface area (Å²) in [6, 6.07) is 3.13. The van der Waals surface area contributed by atoms with Crippen LogP contribution in [-0.2, 0) is 16.0 Å². The van der Waals surface area contributed by atoms with Crippen molar-refractivity contribution in [1.29, 1.82) is 0 Å². The SMILES string of the molecule is C[C@H](N)C(=O)N[C@@](C)(Cc1ccc(O)c(O)c1)C(=O)O.O.O.O. The van der Waals surface area contributed by atoms with E-state index in [-0.39, 0.29) is 34.3 Å². The van der Waals surface area contributed by atoms with Gasteiger partial charge < -0.3 is 42.8 Å². The number of aromatic hydroxyl groups is 2. The molecule has 0 heterocycles. The van der Waals surface area contributed by atoms with Crippen LogP contribution < -0.4 is 11.1 Å². The van der Waals surface area contributed by atoms with Gasteiger partial charge in [-0.2, -0.15) is 0 Å². The van der Waals surface area contributed by atoms with Crippen LogP contribution in [0.5, 0.6) is 11.5 Å². The Bertz CT molecular complexity index is 535. The highest BCUT2D eigenvalue weighted by atomic mass is 16.4. The fourth-order valence-corrected chi connectivity index (χ4v) is 1.65. The Balaban J connectivity index is -0.00000133. The second-order valence-corrected chi connectivity index (χ2v) is 4.92. The Morgan fingerprint density at radius 3 is 2.13 bits per heavy atom. The van der Waals surface area contributed by atoms with Crippen LogP contribution in [0.4, 0.5) is 0 Å². The lowest BCUT2D eigenvalue weighted by Crippen LogP contribution is -2.57. The van der Waals surface area contributed by atoms with Gasteiger partial charge in [-0.05, 0) is 31.5 Å². The number of carbonyl (C=O) groups is 2. The molecule has 0 fully saturated rings. The number of carbonyl (C=O) groups excluding carboxylic acids is 1. The van der Waals surface area contributed by atoms with E-state index in [0.29, 0.717) is 5.56 Å². The smallest absolute Gasteiger partial charge is 0.329 e. The lowest BCUT2D eigenvalue weighted by Gasteiger charge is -2.27. The third kappa shape index (κ3) is 6.48. The van der Waals surface area contributed by atoms with Crippen LogP contribution in [-0.4, -0.2) is 55.2 Å². The minimum atomic E-state index is -1.56. The number of carboxylic acids is 1. The molecule has 23 heavy (non-hydrogen) atoms. The van der Waals surface area contributed by atoms with Crippen LogP contribution in [0.3, 0.4) is 0 Å². The van der Waals surface area contributed by atoms with E-state index in [2.05, 4.69) is 5.32 Å². The number of nitrogens with two attached hydrogens (primary N) is 1. The molecule has 0 aromatic heterocycles. The molecule has 0 aliphatic carbocycles. The summed E-state index contributed by atoms with van der Waals surface area (Å²) in [7, 11) is 0. The fourth-order valence-electron chi connectivity index (χ4n) is 1.65. The molecular formula is C13H24N2O8. The molecule has 0 saturated carbocycles. The molecule has 2 atom stereocenters. The number of amides is 1. The zero-order chi connectivity index (χ0) is 15.5. The van der Waals surface area contributed by atoms with Crippen molar-refractivity contribution in [3.05, 3.63) is 23.8 Å². The molecule has 0 spiro atoms. The molecule has 1 aromatic carbocycles. The van der Waals surface area contributed by atoms with Crippen molar-refractivity contribution in [1.82, 2.24) is 5.32 Å². The van der Waals surface area contributed by atoms with Crippen LogP contribution >= 0.6 is 0 Å². The average Bonchev–Trinajstić information content (AvgIpc) is 2.33. The summed E-state index contributed by atoms with van der Waals surface area (Å²) in [5.41, 5.74) is 4.30. The highest BCUT2D eigenvalue weighted by Crippen LogP contribution is 2.26. The Kier molecular flexibility index (Phi) is 10.6. The third-order valence-corrected chi connectivity index (χ3v) is 2.88. The summed E-state index contributed by atoms with van der Waals surface area (Å²) in [4.78, 5) is 23.0. The van der Waals surface area contributed by atoms with Crippen LogP contribution in [0.15, 0.2) is 18.2 Å². The summed E-state index contributed by atoms with van der Waals surface area (Å²) < 4.78 is 0. The number of hydrogen-bond acceptors (Lipinski definition) is 5. The summed E-state index contributed by atoms with van der Waals surface area (Å²) in [5, 5.41) is 30.3. The molecule has 10 heteroatoms. The standard InChI is InChI=1S/C13H18N2O5.3H2O/c1-7(14)11(18)15-13(2,12(19)20)6-8-3-4-9(16)10(17)5-8;;;/h3-5,7,16-17H,6,14H2,1-2H3,(H,15,18)(H,19,20);3*1H2/t7-,13-;;;/m0.../s1. The van der Waals surface area contributed by atoms with E-state index >= 15 is 0 Å². The van der Waals surface area contributed by atoms with Crippen molar-refractivity contribution < 1.29 is 41.3 Å². The number of phenols is 2. The fraction of sp³-hybridized carbons (Fsp3) is 0.385. The van der Waals surface area contributed by atoms with Gasteiger partial charge in [0.05, 0.1) is 6.04 Å². The number of nitrogens with one attached hydrogen (secondary N) is 1. The van der Waals surface area contributed by atoms with Crippen LogP contribution in [0.2, 0.25) is 0 Å². The molecular weight excluding hydrogens is 312 g/mol. The maximum Gasteiger partial charge on any atom is 0.329 e. The molecule has 0 radical (unpaired) electrons. The minimum Gasteiger partial charge on any atom is -0.504 e. The molecule has 12 N–H and O–H groups in total. The van der Waals surface area contributed by atoms with Crippen molar-refractivity contribution in [3.8, 4) is 11.5 Å². The minimum absolute atomic E-state index is 0. The predicted molar refractivity (Wildman–Crippen MR) is 82.1 cm³/mol. The highest BCUT2D eigenvalue weighted by molar-refractivity contribution is 5.89. The summed E-state index contributed by atoms with van der Waals surface area (Å²) in [6.45, 7) is 2.80. The summed E-state index contributed by atoms with van der Waals surface area (Å²) in [5.74, 6) is -2.46. The number of benzene rings is 1. The molecule has 0 aliphatic heterocycles. The Hall–Kier alpha value is -2.40. The first-order chi connectivity index (χ1) is 9.15. The van der Waals surface area contributed by atoms with Crippen LogP contribution in [0, 0.1) is 0 Å². The summed E-state index contributed by atoms with van der Waals surface area (Å²) >= 11 is 0. The van der Waals surface area contributed by atoms with Gasteiger partial charge in [-0.15, -0.1) is 0 Å². The normalized spacial score (nSPS) is 13.2. The maximum atomic E-state index is 11.6. The van der Waals surface area contributed by atoms with Gasteiger partial charge in [0.15, 0.2) is 11.5 Å². The van der Waals surface area contributed by atoms with Crippen LogP contribution in [0.1, 0.15) is 19.4 Å². The van der Waals surface area contributed by atoms with Gasteiger partial charge in [-0.25, -0.2) is 4.79 Å². The first-order valence-electron chi connectivity index (χ1n) is 5.97. The lowest BCUT2D eigenvalue weighted by molar-refractivity contribution is -0.147. The zero-order valence-electron chi connectivity index (χ0n) is 12.8. The molecule has 0 bridgehead atoms. The maximum absolute atomic E-state index is 11.6. The Morgan fingerprint density at radius 2 is 1.74 bits per heavy atom. The van der Waals surface area contributed by atoms with Gasteiger partial charge >= 0.3 is 5.97 Å². The predicted octanol–water partition coefficient (Wildman–Crippen LogP) is -2.53. The number of hydrogen-bond donors (Lipinski definition) is 5. The number of phenolic OH excluding ortho intramolecular Hbond substituents is 2. The highest BCUT2D eigenvalue weighted by Gasteiger charge is 2.35. The second kappa shape index (κ2) is 9.58. The van der Waals surface area contributed by atoms with E-state index < -0.39 is 23.5 Å². The van der Waals surface area contributed by atoms with Gasteiger partial charge in [0.25, 0.3) is 0 Å². The quantitative estimate of drug-likeness (QED) is 0.364. The summed E-state index contributed by atoms with van der Waals surface area (Å²) in [6.07, 6.45) is -0.0609. The first-order valence-corrected chi connectivity index (χ1v) is 5.97. The lowest BCUT2D eigenvalue weighted by atomic mass is 9.92. The molecule has 0 unspecified atom stereocenters. The van der Waals surface area contributed by atoms with Gasteiger partial charge in [-0.3, -0.25) is 4.79 Å². The average molecular weight is 336 g/mol. The van der Waals surface area contributed by atoms with Gasteiger partial charge in [0, 0.05) is 6.42 Å². The second-order valence-electron chi connectivity index (χ2n) is 4.92. The molecule has 134 valence electrons. The van der Waals surface area contributed by atoms with Crippen LogP contribution in [0.25, 0.3) is 0 Å². The topological polar surface area (TPSA) is 227 Å². The van der Waals surface area contributed by atoms with Crippen molar-refractivity contribution in [2.75, 3.05) is 0 Å². The molecule has 0 saturated heterocycles. The van der Waals surface area contributed by atoms with Crippen molar-refractivity contribution >= 4 is 11.9 Å². The van der Waals surface area contributed by atoms with Crippen molar-refractivity contribution in [3.63, 3.8) is 0 Å². The number of aliphatic carboxylic acids is 1. The van der Waals surface area contributed by atoms with Gasteiger partial charge in [-0.1, -0.05) is 6.07 Å². The van der Waals surface area contributed by atoms with Crippen molar-refractivity contribution in [2.24, 2.45) is 5.73 Å². The van der Waals surface area contributed by atoms with E-state index in [9.17, 15) is 24.9 Å². The van der Waals surface area contributed by atoms with Gasteiger partial charge in [0.1, 0.15) is 5.54 Å². The molecule has 0 aliphatic rings. The Morgan fingerprint density at radius 1 is 1.22 bits per heavy atom. The van der Waals surface area contributed by atoms with E-state index in [1.165, 1.54) is 32.0 Å². The largest absolute Gasteiger partial charge is 0.504 e. The van der Waals surface area contributed by atoms with Crippen molar-refractivity contribution in [2.45, 2.75) is 31.8 Å². The van der Waals surface area contributed by atoms with E-state index in [1.807, 2.05) is 0 Å². The van der Waals surface area contributed by atoms with Gasteiger partial charge in [0.2, 0.25) is 5.91 Å². The monoisotopic (exact) mass is 336 g/mol. The van der Waals surface area contributed by atoms with E-state index in [0.717, 1.165) is 0 Å². The first kappa shape index (κ1) is 25.5. The zero-order valence-corrected chi connectivity index (χ0v) is 12.8. The third-order valence-electron chi connectivity index (χ3n) is 2.88. The molecule has 1 rings (SSSR count).